The minimum atomic E-state index is -0.765. The van der Waals surface area contributed by atoms with Crippen molar-refractivity contribution in [3.05, 3.63) is 65.2 Å². The molecule has 1 aliphatic rings. The number of amides is 2. The van der Waals surface area contributed by atoms with E-state index in [1.165, 1.54) is 12.1 Å². The zero-order valence-corrected chi connectivity index (χ0v) is 14.6. The first-order valence-corrected chi connectivity index (χ1v) is 8.75. The Balaban J connectivity index is 1.77. The number of hydrogen-bond donors (Lipinski definition) is 5. The standard InChI is InChI=1S/C20H22N2O5/c23-15-6-3-4-12(9-15)8-14(11-18(25)22-27)20(26)21-19-16-7-2-1-5-13(16)10-17(19)24/h1-7,9,14,17,19,23-24,27H,8,10-11H2,(H,21,26)(H,22,25)/t14?,17-,19+/m1/s1. The second kappa shape index (κ2) is 8.20. The molecule has 7 nitrogen and oxygen atoms in total. The van der Waals surface area contributed by atoms with Crippen LogP contribution < -0.4 is 10.8 Å². The molecule has 0 radical (unpaired) electrons. The lowest BCUT2D eigenvalue weighted by Gasteiger charge is -2.22. The Morgan fingerprint density at radius 1 is 1.15 bits per heavy atom. The summed E-state index contributed by atoms with van der Waals surface area (Å²) in [6.07, 6.45) is -0.296. The minimum absolute atomic E-state index is 0.0680. The number of carbonyl (C=O) groups is 2. The summed E-state index contributed by atoms with van der Waals surface area (Å²) < 4.78 is 0. The molecular weight excluding hydrogens is 348 g/mol. The van der Waals surface area contributed by atoms with E-state index in [1.807, 2.05) is 24.3 Å². The van der Waals surface area contributed by atoms with Gasteiger partial charge in [-0.2, -0.15) is 0 Å². The third-order valence-corrected chi connectivity index (χ3v) is 4.82. The van der Waals surface area contributed by atoms with Gasteiger partial charge in [-0.05, 0) is 35.2 Å². The van der Waals surface area contributed by atoms with E-state index in [0.29, 0.717) is 12.0 Å². The van der Waals surface area contributed by atoms with Gasteiger partial charge in [-0.3, -0.25) is 14.8 Å². The Labute approximate surface area is 156 Å². The number of phenolic OH excluding ortho intramolecular Hbond substituents is 1. The highest BCUT2D eigenvalue weighted by Gasteiger charge is 2.34. The molecule has 0 bridgehead atoms. The van der Waals surface area contributed by atoms with Crippen molar-refractivity contribution in [2.75, 3.05) is 0 Å². The Bertz CT molecular complexity index is 839. The highest BCUT2D eigenvalue weighted by molar-refractivity contribution is 5.86. The molecular formula is C20H22N2O5. The van der Waals surface area contributed by atoms with E-state index in [9.17, 15) is 19.8 Å². The summed E-state index contributed by atoms with van der Waals surface area (Å²) in [4.78, 5) is 24.5. The second-order valence-corrected chi connectivity index (χ2v) is 6.77. The van der Waals surface area contributed by atoms with Crippen molar-refractivity contribution in [1.82, 2.24) is 10.8 Å². The molecule has 0 saturated carbocycles. The summed E-state index contributed by atoms with van der Waals surface area (Å²) in [5, 5.41) is 31.6. The predicted octanol–water partition coefficient (Wildman–Crippen LogP) is 1.22. The van der Waals surface area contributed by atoms with Crippen LogP contribution in [-0.2, 0) is 22.4 Å². The molecule has 2 aromatic carbocycles. The van der Waals surface area contributed by atoms with Gasteiger partial charge < -0.3 is 15.5 Å². The van der Waals surface area contributed by atoms with Crippen LogP contribution >= 0.6 is 0 Å². The summed E-state index contributed by atoms with van der Waals surface area (Å²) in [6, 6.07) is 13.4. The van der Waals surface area contributed by atoms with Crippen molar-refractivity contribution in [2.24, 2.45) is 5.92 Å². The molecule has 0 heterocycles. The predicted molar refractivity (Wildman–Crippen MR) is 96.9 cm³/mol. The fraction of sp³-hybridized carbons (Fsp3) is 0.300. The topological polar surface area (TPSA) is 119 Å². The van der Waals surface area contributed by atoms with Gasteiger partial charge in [0.25, 0.3) is 0 Å². The number of rotatable bonds is 6. The molecule has 0 spiro atoms. The fourth-order valence-corrected chi connectivity index (χ4v) is 3.51. The maximum Gasteiger partial charge on any atom is 0.244 e. The number of aliphatic hydroxyl groups is 1. The molecule has 3 rings (SSSR count). The zero-order chi connectivity index (χ0) is 19.4. The van der Waals surface area contributed by atoms with Gasteiger partial charge >= 0.3 is 0 Å². The van der Waals surface area contributed by atoms with E-state index in [-0.39, 0.29) is 18.6 Å². The largest absolute Gasteiger partial charge is 0.508 e. The first-order valence-electron chi connectivity index (χ1n) is 8.75. The average Bonchev–Trinajstić information content (AvgIpc) is 2.96. The summed E-state index contributed by atoms with van der Waals surface area (Å²) in [5.41, 5.74) is 4.08. The van der Waals surface area contributed by atoms with Gasteiger partial charge in [0, 0.05) is 12.8 Å². The number of nitrogens with one attached hydrogen (secondary N) is 2. The Hall–Kier alpha value is -2.90. The molecule has 3 atom stereocenters. The molecule has 2 aromatic rings. The van der Waals surface area contributed by atoms with Crippen LogP contribution in [0, 0.1) is 5.92 Å². The lowest BCUT2D eigenvalue weighted by molar-refractivity contribution is -0.135. The van der Waals surface area contributed by atoms with Crippen molar-refractivity contribution in [3.63, 3.8) is 0 Å². The van der Waals surface area contributed by atoms with Crippen molar-refractivity contribution >= 4 is 11.8 Å². The Kier molecular flexibility index (Phi) is 5.73. The van der Waals surface area contributed by atoms with Gasteiger partial charge in [-0.25, -0.2) is 5.48 Å². The molecule has 142 valence electrons. The maximum atomic E-state index is 12.8. The first kappa shape index (κ1) is 18.9. The molecule has 7 heteroatoms. The van der Waals surface area contributed by atoms with E-state index in [1.54, 1.807) is 17.6 Å². The summed E-state index contributed by atoms with van der Waals surface area (Å²) in [6.45, 7) is 0. The van der Waals surface area contributed by atoms with Crippen molar-refractivity contribution in [1.29, 1.82) is 0 Å². The molecule has 0 saturated heterocycles. The van der Waals surface area contributed by atoms with E-state index in [2.05, 4.69) is 5.32 Å². The zero-order valence-electron chi connectivity index (χ0n) is 14.6. The lowest BCUT2D eigenvalue weighted by atomic mass is 9.94. The van der Waals surface area contributed by atoms with E-state index in [0.717, 1.165) is 11.1 Å². The Morgan fingerprint density at radius 3 is 2.67 bits per heavy atom. The highest BCUT2D eigenvalue weighted by atomic mass is 16.5. The molecule has 1 aliphatic carbocycles. The number of hydroxylamine groups is 1. The second-order valence-electron chi connectivity index (χ2n) is 6.77. The number of aliphatic hydroxyl groups excluding tert-OH is 1. The van der Waals surface area contributed by atoms with Gasteiger partial charge in [-0.15, -0.1) is 0 Å². The molecule has 0 aliphatic heterocycles. The molecule has 0 aromatic heterocycles. The van der Waals surface area contributed by atoms with Crippen molar-refractivity contribution in [2.45, 2.75) is 31.4 Å². The van der Waals surface area contributed by atoms with Crippen LogP contribution in [0.2, 0.25) is 0 Å². The van der Waals surface area contributed by atoms with Crippen LogP contribution in [0.3, 0.4) is 0 Å². The first-order chi connectivity index (χ1) is 13.0. The van der Waals surface area contributed by atoms with Crippen LogP contribution in [0.4, 0.5) is 0 Å². The molecule has 27 heavy (non-hydrogen) atoms. The lowest BCUT2D eigenvalue weighted by Crippen LogP contribution is -2.40. The van der Waals surface area contributed by atoms with Crippen LogP contribution in [0.1, 0.15) is 29.2 Å². The van der Waals surface area contributed by atoms with Crippen molar-refractivity contribution in [3.8, 4) is 5.75 Å². The molecule has 0 fully saturated rings. The Morgan fingerprint density at radius 2 is 1.93 bits per heavy atom. The molecule has 1 unspecified atom stereocenters. The summed E-state index contributed by atoms with van der Waals surface area (Å²) in [5.74, 6) is -1.78. The van der Waals surface area contributed by atoms with Gasteiger partial charge in [0.2, 0.25) is 11.8 Å². The quantitative estimate of drug-likeness (QED) is 0.387. The third-order valence-electron chi connectivity index (χ3n) is 4.82. The number of phenols is 1. The van der Waals surface area contributed by atoms with Gasteiger partial charge in [0.15, 0.2) is 0 Å². The van der Waals surface area contributed by atoms with Gasteiger partial charge in [0.1, 0.15) is 5.75 Å². The number of fused-ring (bicyclic) bond motifs is 1. The highest BCUT2D eigenvalue weighted by Crippen LogP contribution is 2.31. The SMILES string of the molecule is O=C(CC(Cc1cccc(O)c1)C(=O)N[C@H]1c2ccccc2C[C@H]1O)NO. The van der Waals surface area contributed by atoms with Crippen LogP contribution in [0.15, 0.2) is 48.5 Å². The molecule has 5 N–H and O–H groups in total. The van der Waals surface area contributed by atoms with Crippen LogP contribution in [-0.4, -0.2) is 33.3 Å². The van der Waals surface area contributed by atoms with E-state index < -0.39 is 29.9 Å². The normalized spacial score (nSPS) is 19.2. The number of aromatic hydroxyl groups is 1. The minimum Gasteiger partial charge on any atom is -0.508 e. The number of hydrogen-bond acceptors (Lipinski definition) is 5. The van der Waals surface area contributed by atoms with Crippen LogP contribution in [0.5, 0.6) is 5.75 Å². The van der Waals surface area contributed by atoms with Gasteiger partial charge in [-0.1, -0.05) is 36.4 Å². The number of carbonyl (C=O) groups excluding carboxylic acids is 2. The fourth-order valence-electron chi connectivity index (χ4n) is 3.51. The molecule has 2 amide bonds. The monoisotopic (exact) mass is 370 g/mol. The van der Waals surface area contributed by atoms with Crippen molar-refractivity contribution < 1.29 is 25.0 Å². The number of benzene rings is 2. The summed E-state index contributed by atoms with van der Waals surface area (Å²) in [7, 11) is 0. The maximum absolute atomic E-state index is 12.8. The summed E-state index contributed by atoms with van der Waals surface area (Å²) >= 11 is 0. The smallest absolute Gasteiger partial charge is 0.244 e. The third kappa shape index (κ3) is 4.45. The van der Waals surface area contributed by atoms with E-state index in [4.69, 9.17) is 5.21 Å². The van der Waals surface area contributed by atoms with Crippen LogP contribution in [0.25, 0.3) is 0 Å². The average molecular weight is 370 g/mol. The van der Waals surface area contributed by atoms with Gasteiger partial charge in [0.05, 0.1) is 18.1 Å². The van der Waals surface area contributed by atoms with E-state index >= 15 is 0 Å².